The predicted octanol–water partition coefficient (Wildman–Crippen LogP) is -0.259. The van der Waals surface area contributed by atoms with Gasteiger partial charge in [-0.05, 0) is 13.8 Å². The number of carbonyl (C=O) groups excluding carboxylic acids is 1. The Bertz CT molecular complexity index is 503. The van der Waals surface area contributed by atoms with E-state index in [1.165, 1.54) is 17.0 Å². The zero-order valence-corrected chi connectivity index (χ0v) is 10.9. The number of amides is 1. The van der Waals surface area contributed by atoms with Gasteiger partial charge in [0.15, 0.2) is 0 Å². The van der Waals surface area contributed by atoms with E-state index in [-0.39, 0.29) is 23.4 Å². The number of hydrogen-bond acceptors (Lipinski definition) is 4. The van der Waals surface area contributed by atoms with Gasteiger partial charge in [0, 0.05) is 32.2 Å². The molecule has 0 aliphatic carbocycles. The van der Waals surface area contributed by atoms with Crippen molar-refractivity contribution in [2.75, 3.05) is 18.0 Å². The number of aryl methyl sites for hydroxylation is 1. The first kappa shape index (κ1) is 12.6. The number of carbonyl (C=O) groups is 1. The van der Waals surface area contributed by atoms with E-state index in [9.17, 15) is 9.59 Å². The second kappa shape index (κ2) is 4.80. The van der Waals surface area contributed by atoms with Crippen LogP contribution in [-0.2, 0) is 11.8 Å². The van der Waals surface area contributed by atoms with E-state index in [0.717, 1.165) is 0 Å². The number of nitrogens with zero attached hydrogens (tertiary/aromatic N) is 3. The summed E-state index contributed by atoms with van der Waals surface area (Å²) in [6, 6.07) is 1.66. The number of nitrogens with one attached hydrogen (secondary N) is 1. The smallest absolute Gasteiger partial charge is 0.255 e. The molecule has 1 aromatic rings. The molecule has 1 N–H and O–H groups in total. The van der Waals surface area contributed by atoms with Crippen molar-refractivity contribution in [3.05, 3.63) is 22.7 Å². The molecule has 0 unspecified atom stereocenters. The highest BCUT2D eigenvalue weighted by molar-refractivity contribution is 5.81. The van der Waals surface area contributed by atoms with Crippen LogP contribution in [0.3, 0.4) is 0 Å². The molecular formula is C12H18N4O2. The van der Waals surface area contributed by atoms with Crippen LogP contribution in [0.1, 0.15) is 13.8 Å². The molecule has 1 amide bonds. The van der Waals surface area contributed by atoms with Crippen molar-refractivity contribution in [2.45, 2.75) is 19.9 Å². The quantitative estimate of drug-likeness (QED) is 0.802. The van der Waals surface area contributed by atoms with E-state index >= 15 is 0 Å². The molecule has 1 aliphatic heterocycles. The minimum absolute atomic E-state index is 0.00161. The molecule has 1 aliphatic rings. The summed E-state index contributed by atoms with van der Waals surface area (Å²) in [5.74, 6) is 0.718. The van der Waals surface area contributed by atoms with Gasteiger partial charge < -0.3 is 14.8 Å². The number of aromatic nitrogens is 2. The third kappa shape index (κ3) is 2.52. The molecular weight excluding hydrogens is 232 g/mol. The van der Waals surface area contributed by atoms with E-state index in [1.807, 2.05) is 18.7 Å². The minimum atomic E-state index is -0.0879. The second-order valence-corrected chi connectivity index (χ2v) is 4.96. The molecule has 0 spiro atoms. The van der Waals surface area contributed by atoms with Gasteiger partial charge in [-0.15, -0.1) is 0 Å². The Balaban J connectivity index is 1.94. The Morgan fingerprint density at radius 3 is 2.72 bits per heavy atom. The summed E-state index contributed by atoms with van der Waals surface area (Å²) in [6.45, 7) is 5.13. The third-order valence-electron chi connectivity index (χ3n) is 2.97. The van der Waals surface area contributed by atoms with Gasteiger partial charge in [-0.1, -0.05) is 0 Å². The van der Waals surface area contributed by atoms with Gasteiger partial charge in [0.2, 0.25) is 5.91 Å². The van der Waals surface area contributed by atoms with Crippen LogP contribution in [0.2, 0.25) is 0 Å². The zero-order chi connectivity index (χ0) is 13.3. The van der Waals surface area contributed by atoms with Gasteiger partial charge in [0.05, 0.1) is 12.2 Å². The van der Waals surface area contributed by atoms with Crippen molar-refractivity contribution in [3.8, 4) is 0 Å². The summed E-state index contributed by atoms with van der Waals surface area (Å²) < 4.78 is 1.42. The maximum absolute atomic E-state index is 11.7. The largest absolute Gasteiger partial charge is 0.355 e. The normalized spacial score (nSPS) is 15.7. The summed E-state index contributed by atoms with van der Waals surface area (Å²) in [6.07, 6.45) is 1.50. The molecule has 1 aromatic heterocycles. The molecule has 0 radical (unpaired) electrons. The molecule has 18 heavy (non-hydrogen) atoms. The first-order chi connectivity index (χ1) is 8.47. The Morgan fingerprint density at radius 1 is 1.50 bits per heavy atom. The molecule has 0 bridgehead atoms. The van der Waals surface area contributed by atoms with Crippen molar-refractivity contribution >= 4 is 11.7 Å². The number of anilines is 1. The van der Waals surface area contributed by atoms with Crippen LogP contribution in [0.5, 0.6) is 0 Å². The highest BCUT2D eigenvalue weighted by Gasteiger charge is 2.33. The maximum Gasteiger partial charge on any atom is 0.255 e. The average Bonchev–Trinajstić information content (AvgIpc) is 2.20. The highest BCUT2D eigenvalue weighted by atomic mass is 16.2. The summed E-state index contributed by atoms with van der Waals surface area (Å²) in [4.78, 5) is 29.3. The minimum Gasteiger partial charge on any atom is -0.355 e. The van der Waals surface area contributed by atoms with Crippen molar-refractivity contribution in [2.24, 2.45) is 13.0 Å². The van der Waals surface area contributed by atoms with Crippen molar-refractivity contribution in [1.82, 2.24) is 14.9 Å². The van der Waals surface area contributed by atoms with Gasteiger partial charge in [0.1, 0.15) is 5.82 Å². The van der Waals surface area contributed by atoms with Crippen LogP contribution < -0.4 is 15.8 Å². The van der Waals surface area contributed by atoms with Crippen LogP contribution in [-0.4, -0.2) is 34.6 Å². The number of rotatable bonds is 3. The van der Waals surface area contributed by atoms with E-state index < -0.39 is 0 Å². The SMILES string of the molecule is CC(C)NC(=O)C1CN(c2cc(=O)n(C)cn2)C1. The van der Waals surface area contributed by atoms with Gasteiger partial charge in [-0.25, -0.2) is 4.98 Å². The predicted molar refractivity (Wildman–Crippen MR) is 68.5 cm³/mol. The fourth-order valence-corrected chi connectivity index (χ4v) is 1.86. The lowest BCUT2D eigenvalue weighted by molar-refractivity contribution is -0.126. The molecule has 6 nitrogen and oxygen atoms in total. The first-order valence-corrected chi connectivity index (χ1v) is 6.05. The van der Waals surface area contributed by atoms with Gasteiger partial charge in [0.25, 0.3) is 5.56 Å². The topological polar surface area (TPSA) is 67.2 Å². The molecule has 6 heteroatoms. The van der Waals surface area contributed by atoms with Crippen LogP contribution >= 0.6 is 0 Å². The van der Waals surface area contributed by atoms with Crippen LogP contribution in [0.4, 0.5) is 5.82 Å². The summed E-state index contributed by atoms with van der Waals surface area (Å²) in [5, 5.41) is 2.89. The molecule has 1 fully saturated rings. The lowest BCUT2D eigenvalue weighted by Gasteiger charge is -2.39. The lowest BCUT2D eigenvalue weighted by atomic mass is 9.99. The standard InChI is InChI=1S/C12H18N4O2/c1-8(2)14-12(18)9-5-16(6-9)10-4-11(17)15(3)7-13-10/h4,7-9H,5-6H2,1-3H3,(H,14,18). The highest BCUT2D eigenvalue weighted by Crippen LogP contribution is 2.21. The Morgan fingerprint density at radius 2 is 2.17 bits per heavy atom. The van der Waals surface area contributed by atoms with E-state index in [4.69, 9.17) is 0 Å². The molecule has 0 saturated carbocycles. The average molecular weight is 250 g/mol. The van der Waals surface area contributed by atoms with Crippen molar-refractivity contribution in [3.63, 3.8) is 0 Å². The maximum atomic E-state index is 11.7. The van der Waals surface area contributed by atoms with Gasteiger partial charge in [-0.2, -0.15) is 0 Å². The van der Waals surface area contributed by atoms with Crippen LogP contribution in [0, 0.1) is 5.92 Å². The second-order valence-electron chi connectivity index (χ2n) is 4.96. The van der Waals surface area contributed by atoms with E-state index in [2.05, 4.69) is 10.3 Å². The molecule has 2 rings (SSSR count). The Labute approximate surface area is 106 Å². The third-order valence-corrected chi connectivity index (χ3v) is 2.97. The van der Waals surface area contributed by atoms with Gasteiger partial charge >= 0.3 is 0 Å². The number of hydrogen-bond donors (Lipinski definition) is 1. The summed E-state index contributed by atoms with van der Waals surface area (Å²) >= 11 is 0. The Hall–Kier alpha value is -1.85. The molecule has 0 atom stereocenters. The van der Waals surface area contributed by atoms with Crippen LogP contribution in [0.15, 0.2) is 17.2 Å². The fourth-order valence-electron chi connectivity index (χ4n) is 1.86. The van der Waals surface area contributed by atoms with E-state index in [1.54, 1.807) is 7.05 Å². The van der Waals surface area contributed by atoms with Crippen LogP contribution in [0.25, 0.3) is 0 Å². The Kier molecular flexibility index (Phi) is 3.36. The summed E-state index contributed by atoms with van der Waals surface area (Å²) in [7, 11) is 1.66. The summed E-state index contributed by atoms with van der Waals surface area (Å²) in [5.41, 5.74) is -0.0879. The lowest BCUT2D eigenvalue weighted by Crippen LogP contribution is -2.55. The van der Waals surface area contributed by atoms with E-state index in [0.29, 0.717) is 18.9 Å². The van der Waals surface area contributed by atoms with Crippen molar-refractivity contribution < 1.29 is 4.79 Å². The molecule has 0 aromatic carbocycles. The molecule has 2 heterocycles. The monoisotopic (exact) mass is 250 g/mol. The molecule has 98 valence electrons. The van der Waals surface area contributed by atoms with Crippen molar-refractivity contribution in [1.29, 1.82) is 0 Å². The zero-order valence-electron chi connectivity index (χ0n) is 10.9. The molecule has 1 saturated heterocycles. The first-order valence-electron chi connectivity index (χ1n) is 6.05. The van der Waals surface area contributed by atoms with Gasteiger partial charge in [-0.3, -0.25) is 9.59 Å². The fraction of sp³-hybridized carbons (Fsp3) is 0.583.